The minimum atomic E-state index is -0.0781. The van der Waals surface area contributed by atoms with Crippen LogP contribution in [0.15, 0.2) is 17.1 Å². The van der Waals surface area contributed by atoms with Crippen molar-refractivity contribution >= 4 is 62.7 Å². The molecule has 0 fully saturated rings. The number of aromatic nitrogens is 4. The molecule has 0 saturated carbocycles. The number of hydrogen-bond donors (Lipinski definition) is 0. The number of rotatable bonds is 1. The lowest BCUT2D eigenvalue weighted by atomic mass is 10.5. The summed E-state index contributed by atoms with van der Waals surface area (Å²) in [7, 11) is 0. The van der Waals surface area contributed by atoms with Gasteiger partial charge in [0.25, 0.3) is 0 Å². The number of halogens is 4. The van der Waals surface area contributed by atoms with Gasteiger partial charge in [-0.3, -0.25) is 4.57 Å². The van der Waals surface area contributed by atoms with Crippen LogP contribution in [0.1, 0.15) is 0 Å². The third-order valence-corrected chi connectivity index (χ3v) is 2.86. The van der Waals surface area contributed by atoms with Gasteiger partial charge in [-0.15, -0.1) is 0 Å². The van der Waals surface area contributed by atoms with Gasteiger partial charge in [-0.1, -0.05) is 46.4 Å². The van der Waals surface area contributed by atoms with E-state index in [4.69, 9.17) is 46.4 Å². The Kier molecular flexibility index (Phi) is 3.02. The van der Waals surface area contributed by atoms with E-state index in [2.05, 4.69) is 15.0 Å². The van der Waals surface area contributed by atoms with Gasteiger partial charge in [0.05, 0.1) is 0 Å². The van der Waals surface area contributed by atoms with Crippen LogP contribution in [0.4, 0.5) is 0 Å². The Morgan fingerprint density at radius 1 is 1.13 bits per heavy atom. The fourth-order valence-electron chi connectivity index (χ4n) is 1.04. The summed E-state index contributed by atoms with van der Waals surface area (Å²) in [6, 6.07) is 0. The summed E-state index contributed by atoms with van der Waals surface area (Å²) >= 11 is 22.7. The van der Waals surface area contributed by atoms with Gasteiger partial charge in [0.1, 0.15) is 27.8 Å². The fraction of sp³-hybridized carbons (Fsp3) is 0. The molecular formula is C7H2Cl4N4. The minimum absolute atomic E-state index is 0.0781. The van der Waals surface area contributed by atoms with Gasteiger partial charge in [-0.2, -0.15) is 0 Å². The second-order valence-corrected chi connectivity index (χ2v) is 4.17. The van der Waals surface area contributed by atoms with Crippen molar-refractivity contribution in [3.8, 4) is 0 Å². The molecule has 4 nitrogen and oxygen atoms in total. The molecule has 2 aromatic heterocycles. The van der Waals surface area contributed by atoms with Crippen molar-refractivity contribution in [1.29, 1.82) is 0 Å². The van der Waals surface area contributed by atoms with Crippen LogP contribution in [-0.4, -0.2) is 19.5 Å². The molecule has 0 saturated heterocycles. The van der Waals surface area contributed by atoms with Crippen LogP contribution in [-0.2, 0) is 0 Å². The van der Waals surface area contributed by atoms with Crippen LogP contribution in [0.25, 0.3) is 16.3 Å². The first-order valence-corrected chi connectivity index (χ1v) is 5.17. The molecule has 0 aliphatic heterocycles. The summed E-state index contributed by atoms with van der Waals surface area (Å²) in [6.45, 7) is 0. The summed E-state index contributed by atoms with van der Waals surface area (Å²) in [5.74, 6) is 0. The molecule has 0 spiro atoms. The van der Waals surface area contributed by atoms with Crippen LogP contribution in [0.5, 0.6) is 0 Å². The normalized spacial score (nSPS) is 10.7. The lowest BCUT2D eigenvalue weighted by molar-refractivity contribution is 1.11. The van der Waals surface area contributed by atoms with Crippen molar-refractivity contribution in [2.75, 3.05) is 0 Å². The van der Waals surface area contributed by atoms with Crippen LogP contribution < -0.4 is 0 Å². The van der Waals surface area contributed by atoms with Gasteiger partial charge in [-0.05, 0) is 0 Å². The van der Waals surface area contributed by atoms with Crippen LogP contribution in [0.3, 0.4) is 0 Å². The van der Waals surface area contributed by atoms with Crippen molar-refractivity contribution < 1.29 is 0 Å². The Balaban J connectivity index is 2.75. The zero-order valence-electron chi connectivity index (χ0n) is 6.96. The third kappa shape index (κ3) is 1.90. The summed E-state index contributed by atoms with van der Waals surface area (Å²) < 4.78 is 1.34. The molecule has 0 bridgehead atoms. The van der Waals surface area contributed by atoms with E-state index in [0.717, 1.165) is 0 Å². The topological polar surface area (TPSA) is 43.6 Å². The van der Waals surface area contributed by atoms with E-state index in [-0.39, 0.29) is 14.8 Å². The fourth-order valence-corrected chi connectivity index (χ4v) is 1.52. The highest BCUT2D eigenvalue weighted by molar-refractivity contribution is 6.65. The molecule has 2 rings (SSSR count). The maximum Gasteiger partial charge on any atom is 0.170 e. The largest absolute Gasteiger partial charge is 0.271 e. The van der Waals surface area contributed by atoms with Gasteiger partial charge in [0.2, 0.25) is 0 Å². The predicted molar refractivity (Wildman–Crippen MR) is 61.1 cm³/mol. The van der Waals surface area contributed by atoms with E-state index in [1.54, 1.807) is 0 Å². The Bertz CT molecular complexity index is 543. The molecule has 0 radical (unpaired) electrons. The van der Waals surface area contributed by atoms with Crippen molar-refractivity contribution in [1.82, 2.24) is 19.5 Å². The second kappa shape index (κ2) is 4.14. The van der Waals surface area contributed by atoms with Crippen molar-refractivity contribution in [3.05, 3.63) is 22.3 Å². The van der Waals surface area contributed by atoms with Crippen LogP contribution >= 0.6 is 46.4 Å². The number of fused-ring (bicyclic) bond motifs is 1. The predicted octanol–water partition coefficient (Wildman–Crippen LogP) is 3.28. The molecule has 0 atom stereocenters. The van der Waals surface area contributed by atoms with Crippen molar-refractivity contribution in [2.45, 2.75) is 0 Å². The maximum absolute atomic E-state index is 5.85. The first kappa shape index (κ1) is 11.0. The molecule has 0 N–H and O–H groups in total. The van der Waals surface area contributed by atoms with Gasteiger partial charge in [0, 0.05) is 0 Å². The monoisotopic (exact) mass is 282 g/mol. The lowest BCUT2D eigenvalue weighted by Crippen LogP contribution is -1.92. The average Bonchev–Trinajstić information content (AvgIpc) is 2.61. The number of imidazole rings is 1. The highest BCUT2D eigenvalue weighted by Gasteiger charge is 2.11. The van der Waals surface area contributed by atoms with Gasteiger partial charge < -0.3 is 0 Å². The Labute approximate surface area is 104 Å². The third-order valence-electron chi connectivity index (χ3n) is 1.66. The number of nitrogens with zero attached hydrogens (tertiary/aromatic N) is 4. The number of hydrogen-bond acceptors (Lipinski definition) is 3. The first-order chi connectivity index (χ1) is 7.11. The summed E-state index contributed by atoms with van der Waals surface area (Å²) in [5.41, 5.74) is 0.880. The summed E-state index contributed by atoms with van der Waals surface area (Å²) in [6.07, 6.45) is 2.72. The first-order valence-electron chi connectivity index (χ1n) is 3.66. The van der Waals surface area contributed by atoms with Gasteiger partial charge >= 0.3 is 0 Å². The Morgan fingerprint density at radius 2 is 1.87 bits per heavy atom. The van der Waals surface area contributed by atoms with Crippen molar-refractivity contribution in [2.24, 2.45) is 0 Å². The Morgan fingerprint density at radius 3 is 2.53 bits per heavy atom. The molecule has 2 aromatic rings. The minimum Gasteiger partial charge on any atom is -0.271 e. The van der Waals surface area contributed by atoms with E-state index in [1.807, 2.05) is 0 Å². The molecular weight excluding hydrogens is 282 g/mol. The molecule has 8 heteroatoms. The van der Waals surface area contributed by atoms with Gasteiger partial charge in [-0.25, -0.2) is 15.0 Å². The molecule has 15 heavy (non-hydrogen) atoms. The molecule has 0 aromatic carbocycles. The Hall–Kier alpha value is -0.550. The molecule has 78 valence electrons. The molecule has 0 aliphatic carbocycles. The zero-order valence-corrected chi connectivity index (χ0v) is 9.98. The van der Waals surface area contributed by atoms with E-state index in [1.165, 1.54) is 17.2 Å². The van der Waals surface area contributed by atoms with Gasteiger partial charge in [0.15, 0.2) is 10.8 Å². The van der Waals surface area contributed by atoms with E-state index in [9.17, 15) is 0 Å². The van der Waals surface area contributed by atoms with Crippen molar-refractivity contribution in [3.63, 3.8) is 0 Å². The lowest BCUT2D eigenvalue weighted by Gasteiger charge is -2.00. The second-order valence-electron chi connectivity index (χ2n) is 2.50. The average molecular weight is 284 g/mol. The van der Waals surface area contributed by atoms with E-state index >= 15 is 0 Å². The summed E-state index contributed by atoms with van der Waals surface area (Å²) in [4.78, 5) is 11.7. The summed E-state index contributed by atoms with van der Waals surface area (Å²) in [5, 5.41) is 0.351. The smallest absolute Gasteiger partial charge is 0.170 e. The molecule has 0 amide bonds. The SMILES string of the molecule is ClC(Cl)=C(Cl)n1cnc2c(Cl)ncnc21. The molecule has 0 unspecified atom stereocenters. The molecule has 0 aliphatic rings. The van der Waals surface area contributed by atoms with E-state index in [0.29, 0.717) is 11.2 Å². The molecule has 2 heterocycles. The van der Waals surface area contributed by atoms with Crippen LogP contribution in [0, 0.1) is 0 Å². The highest BCUT2D eigenvalue weighted by atomic mass is 35.5. The highest BCUT2D eigenvalue weighted by Crippen LogP contribution is 2.26. The quantitative estimate of drug-likeness (QED) is 0.755. The zero-order chi connectivity index (χ0) is 11.0. The van der Waals surface area contributed by atoms with Crippen LogP contribution in [0.2, 0.25) is 5.15 Å². The maximum atomic E-state index is 5.85. The standard InChI is InChI=1S/C7H2Cl4N4/c8-4(9)6(11)15-2-14-3-5(10)12-1-13-7(3)15/h1-2H. The van der Waals surface area contributed by atoms with E-state index < -0.39 is 0 Å².